The van der Waals surface area contributed by atoms with Crippen LogP contribution in [0.1, 0.15) is 85.9 Å². The van der Waals surface area contributed by atoms with Crippen molar-refractivity contribution in [3.05, 3.63) is 84.4 Å². The van der Waals surface area contributed by atoms with E-state index in [0.29, 0.717) is 23.7 Å². The van der Waals surface area contributed by atoms with E-state index in [0.717, 1.165) is 75.2 Å². The maximum absolute atomic E-state index is 13.3. The second-order valence-electron chi connectivity index (χ2n) is 18.4. The number of carbonyl (C=O) groups is 2. The van der Waals surface area contributed by atoms with Crippen LogP contribution in [0.2, 0.25) is 0 Å². The Hall–Kier alpha value is -5.38. The van der Waals surface area contributed by atoms with Crippen molar-refractivity contribution in [3.63, 3.8) is 0 Å². The minimum Gasteiger partial charge on any atom is -0.444 e. The molecular weight excluding hydrogens is 701 g/mol. The van der Waals surface area contributed by atoms with Gasteiger partial charge in [0.05, 0.1) is 28.1 Å². The Kier molecular flexibility index (Phi) is 8.49. The van der Waals surface area contributed by atoms with E-state index in [4.69, 9.17) is 19.4 Å². The van der Waals surface area contributed by atoms with E-state index >= 15 is 0 Å². The molecule has 1 saturated heterocycles. The maximum Gasteiger partial charge on any atom is 0.411 e. The number of nitrogens with one attached hydrogen (secondary N) is 3. The van der Waals surface area contributed by atoms with E-state index in [1.54, 1.807) is 0 Å². The van der Waals surface area contributed by atoms with Gasteiger partial charge in [-0.1, -0.05) is 50.2 Å². The van der Waals surface area contributed by atoms with Gasteiger partial charge >= 0.3 is 12.2 Å². The van der Waals surface area contributed by atoms with Crippen LogP contribution in [0.15, 0.2) is 72.8 Å². The van der Waals surface area contributed by atoms with Crippen molar-refractivity contribution in [1.29, 1.82) is 0 Å². The highest BCUT2D eigenvalue weighted by molar-refractivity contribution is 5.93. The van der Waals surface area contributed by atoms with E-state index in [2.05, 4.69) is 102 Å². The van der Waals surface area contributed by atoms with E-state index in [9.17, 15) is 9.59 Å². The number of aryl methyl sites for hydroxylation is 1. The van der Waals surface area contributed by atoms with E-state index in [1.165, 1.54) is 10.8 Å². The van der Waals surface area contributed by atoms with E-state index in [1.807, 2.05) is 46.4 Å². The maximum atomic E-state index is 13.3. The SMILES string of the molecule is CC1C(CCc2nc3ccc(-c4ccc5cc(-c6ccc7nc(C8CC9C(C)C9N8C(=O)OC(C)(C)C)[nH]c7c6)ccc5c4)cc3[nH]2)C1NC(=O)OC(C)(C)C. The number of aromatic amines is 2. The lowest BCUT2D eigenvalue weighted by molar-refractivity contribution is 0.0159. The van der Waals surface area contributed by atoms with Crippen LogP contribution in [0.3, 0.4) is 0 Å². The van der Waals surface area contributed by atoms with Gasteiger partial charge in [0.1, 0.15) is 22.9 Å². The molecule has 3 heterocycles. The summed E-state index contributed by atoms with van der Waals surface area (Å²) in [5, 5.41) is 5.38. The van der Waals surface area contributed by atoms with Crippen LogP contribution in [0, 0.1) is 23.7 Å². The monoisotopic (exact) mass is 752 g/mol. The van der Waals surface area contributed by atoms with Gasteiger partial charge in [0.2, 0.25) is 0 Å². The number of ether oxygens (including phenoxy) is 2. The number of piperidine rings is 1. The Morgan fingerprint density at radius 3 is 1.95 bits per heavy atom. The van der Waals surface area contributed by atoms with Gasteiger partial charge in [0.15, 0.2) is 0 Å². The first-order valence-electron chi connectivity index (χ1n) is 20.1. The number of H-pyrrole nitrogens is 2. The largest absolute Gasteiger partial charge is 0.444 e. The lowest BCUT2D eigenvalue weighted by atomic mass is 9.97. The number of hydrogen-bond acceptors (Lipinski definition) is 6. The number of amides is 2. The highest BCUT2D eigenvalue weighted by atomic mass is 16.6. The summed E-state index contributed by atoms with van der Waals surface area (Å²) in [6, 6.07) is 26.3. The predicted molar refractivity (Wildman–Crippen MR) is 220 cm³/mol. The third kappa shape index (κ3) is 6.99. The molecule has 10 heteroatoms. The molecule has 7 unspecified atom stereocenters. The molecule has 1 aliphatic heterocycles. The molecule has 2 saturated carbocycles. The van der Waals surface area contributed by atoms with Crippen LogP contribution in [-0.2, 0) is 15.9 Å². The molecule has 56 heavy (non-hydrogen) atoms. The van der Waals surface area contributed by atoms with Crippen LogP contribution < -0.4 is 5.32 Å². The lowest BCUT2D eigenvalue weighted by Gasteiger charge is -2.30. The summed E-state index contributed by atoms with van der Waals surface area (Å²) >= 11 is 0. The highest BCUT2D eigenvalue weighted by Gasteiger charge is 2.61. The Morgan fingerprint density at radius 1 is 0.750 bits per heavy atom. The number of imidazole rings is 2. The molecule has 9 rings (SSSR count). The number of aromatic nitrogens is 4. The molecule has 4 aromatic carbocycles. The van der Waals surface area contributed by atoms with Gasteiger partial charge in [0, 0.05) is 18.5 Å². The Labute approximate surface area is 327 Å². The topological polar surface area (TPSA) is 125 Å². The first kappa shape index (κ1) is 36.3. The quantitative estimate of drug-likeness (QED) is 0.149. The molecule has 10 nitrogen and oxygen atoms in total. The number of benzene rings is 4. The van der Waals surface area contributed by atoms with E-state index < -0.39 is 11.2 Å². The van der Waals surface area contributed by atoms with Gasteiger partial charge in [-0.25, -0.2) is 19.6 Å². The minimum atomic E-state index is -0.548. The average molecular weight is 753 g/mol. The molecule has 2 aliphatic carbocycles. The molecule has 6 aromatic rings. The zero-order valence-electron chi connectivity index (χ0n) is 33.6. The second-order valence-corrected chi connectivity index (χ2v) is 18.4. The molecule has 7 atom stereocenters. The zero-order valence-corrected chi connectivity index (χ0v) is 33.6. The third-order valence-corrected chi connectivity index (χ3v) is 12.1. The summed E-state index contributed by atoms with van der Waals surface area (Å²) in [6.07, 6.45) is 2.08. The summed E-state index contributed by atoms with van der Waals surface area (Å²) in [5.74, 6) is 3.62. The van der Waals surface area contributed by atoms with Gasteiger partial charge in [-0.2, -0.15) is 0 Å². The van der Waals surface area contributed by atoms with Gasteiger partial charge in [-0.3, -0.25) is 4.90 Å². The second kappa shape index (κ2) is 13.1. The molecule has 3 fully saturated rings. The van der Waals surface area contributed by atoms with Crippen LogP contribution in [-0.4, -0.2) is 60.3 Å². The van der Waals surface area contributed by atoms with Crippen molar-refractivity contribution < 1.29 is 19.1 Å². The lowest BCUT2D eigenvalue weighted by Crippen LogP contribution is -2.39. The number of alkyl carbamates (subject to hydrolysis) is 1. The number of carbonyl (C=O) groups excluding carboxylic acids is 2. The van der Waals surface area contributed by atoms with Crippen molar-refractivity contribution in [2.24, 2.45) is 23.7 Å². The van der Waals surface area contributed by atoms with Crippen molar-refractivity contribution in [3.8, 4) is 22.3 Å². The fourth-order valence-electron chi connectivity index (χ4n) is 9.03. The van der Waals surface area contributed by atoms with Gasteiger partial charge in [0.25, 0.3) is 0 Å². The summed E-state index contributed by atoms with van der Waals surface area (Å²) in [7, 11) is 0. The van der Waals surface area contributed by atoms with Gasteiger partial charge in [-0.05, 0) is 147 Å². The standard InChI is InChI=1S/C46H52N6O4/c1-24-32(40(24)51-43(53)55-45(3,4)5)15-18-39-47-34-16-13-30(21-36(34)48-39)28-11-9-27-20-29(12-10-26(27)19-28)31-14-17-35-37(22-31)50-42(49-35)38-23-33-25(2)41(33)52(38)44(54)56-46(6,7)8/h9-14,16-17,19-22,24-25,32-33,38,40-41H,15,18,23H2,1-8H3,(H,47,48)(H,49,50)(H,51,53). The van der Waals surface area contributed by atoms with Crippen LogP contribution >= 0.6 is 0 Å². The highest BCUT2D eigenvalue weighted by Crippen LogP contribution is 2.57. The van der Waals surface area contributed by atoms with Crippen molar-refractivity contribution >= 4 is 45.0 Å². The van der Waals surface area contributed by atoms with Crippen molar-refractivity contribution in [2.75, 3.05) is 0 Å². The Bertz CT molecular complexity index is 2500. The van der Waals surface area contributed by atoms with E-state index in [-0.39, 0.29) is 30.3 Å². The first-order valence-corrected chi connectivity index (χ1v) is 20.1. The normalized spacial score (nSPS) is 24.4. The molecule has 3 N–H and O–H groups in total. The third-order valence-electron chi connectivity index (χ3n) is 12.1. The molecular formula is C46H52N6O4. The minimum absolute atomic E-state index is 0.113. The van der Waals surface area contributed by atoms with Crippen molar-refractivity contribution in [1.82, 2.24) is 30.2 Å². The fourth-order valence-corrected chi connectivity index (χ4v) is 9.03. The zero-order chi connectivity index (χ0) is 39.3. The molecule has 290 valence electrons. The Morgan fingerprint density at radius 2 is 1.32 bits per heavy atom. The van der Waals surface area contributed by atoms with Gasteiger partial charge in [-0.15, -0.1) is 0 Å². The summed E-state index contributed by atoms with van der Waals surface area (Å²) in [4.78, 5) is 44.4. The molecule has 0 radical (unpaired) electrons. The van der Waals surface area contributed by atoms with Gasteiger partial charge < -0.3 is 24.8 Å². The summed E-state index contributed by atoms with van der Waals surface area (Å²) in [5.41, 5.74) is 7.31. The number of nitrogens with zero attached hydrogens (tertiary/aromatic N) is 3. The smallest absolute Gasteiger partial charge is 0.411 e. The molecule has 3 aliphatic rings. The number of rotatable bonds is 7. The molecule has 2 aromatic heterocycles. The van der Waals surface area contributed by atoms with Crippen LogP contribution in [0.25, 0.3) is 55.1 Å². The number of likely N-dealkylation sites (tertiary alicyclic amines) is 1. The summed E-state index contributed by atoms with van der Waals surface area (Å²) in [6.45, 7) is 15.8. The molecule has 0 bridgehead atoms. The first-order chi connectivity index (χ1) is 26.6. The summed E-state index contributed by atoms with van der Waals surface area (Å²) < 4.78 is 11.3. The van der Waals surface area contributed by atoms with Crippen LogP contribution in [0.4, 0.5) is 9.59 Å². The number of fused-ring (bicyclic) bond motifs is 4. The molecule has 0 spiro atoms. The van der Waals surface area contributed by atoms with Crippen LogP contribution in [0.5, 0.6) is 0 Å². The predicted octanol–water partition coefficient (Wildman–Crippen LogP) is 10.3. The average Bonchev–Trinajstić information content (AvgIpc) is 3.63. The molecule has 2 amide bonds. The number of hydrogen-bond donors (Lipinski definition) is 3. The fraction of sp³-hybridized carbons (Fsp3) is 0.435. The van der Waals surface area contributed by atoms with Crippen molar-refractivity contribution in [2.45, 2.75) is 104 Å². The Balaban J connectivity index is 0.881.